The van der Waals surface area contributed by atoms with Crippen LogP contribution in [0.15, 0.2) is 24.3 Å². The number of hydrogen-bond acceptors (Lipinski definition) is 3. The first kappa shape index (κ1) is 17.5. The summed E-state index contributed by atoms with van der Waals surface area (Å²) in [5.41, 5.74) is 0.591. The SMILES string of the molecule is COCCCN(C)C(=S)Nc1ccc(OC(F)(F)F)cc1. The van der Waals surface area contributed by atoms with Crippen molar-refractivity contribution in [1.82, 2.24) is 4.90 Å². The van der Waals surface area contributed by atoms with E-state index in [2.05, 4.69) is 10.1 Å². The summed E-state index contributed by atoms with van der Waals surface area (Å²) in [4.78, 5) is 1.83. The highest BCUT2D eigenvalue weighted by atomic mass is 32.1. The molecule has 0 saturated carbocycles. The van der Waals surface area contributed by atoms with Gasteiger partial charge in [-0.05, 0) is 42.9 Å². The van der Waals surface area contributed by atoms with Crippen LogP contribution in [0.2, 0.25) is 0 Å². The molecule has 0 atom stereocenters. The molecule has 0 aliphatic heterocycles. The number of methoxy groups -OCH3 is 1. The van der Waals surface area contributed by atoms with Gasteiger partial charge in [-0.1, -0.05) is 0 Å². The van der Waals surface area contributed by atoms with E-state index < -0.39 is 6.36 Å². The summed E-state index contributed by atoms with van der Waals surface area (Å²) in [5, 5.41) is 3.42. The van der Waals surface area contributed by atoms with Gasteiger partial charge in [0.05, 0.1) is 0 Å². The third-order valence-electron chi connectivity index (χ3n) is 2.53. The van der Waals surface area contributed by atoms with Crippen LogP contribution in [0.3, 0.4) is 0 Å². The van der Waals surface area contributed by atoms with Crippen molar-refractivity contribution in [2.45, 2.75) is 12.8 Å². The Hall–Kier alpha value is -1.54. The molecule has 21 heavy (non-hydrogen) atoms. The highest BCUT2D eigenvalue weighted by Gasteiger charge is 2.30. The normalized spacial score (nSPS) is 11.1. The summed E-state index contributed by atoms with van der Waals surface area (Å²) < 4.78 is 44.8. The average molecular weight is 322 g/mol. The zero-order valence-corrected chi connectivity index (χ0v) is 12.6. The number of ether oxygens (including phenoxy) is 2. The molecule has 0 spiro atoms. The van der Waals surface area contributed by atoms with Gasteiger partial charge in [-0.25, -0.2) is 0 Å². The second kappa shape index (κ2) is 8.04. The fourth-order valence-electron chi connectivity index (χ4n) is 1.51. The third kappa shape index (κ3) is 7.14. The van der Waals surface area contributed by atoms with Gasteiger partial charge in [-0.15, -0.1) is 13.2 Å². The molecule has 0 saturated heterocycles. The maximum atomic E-state index is 12.0. The van der Waals surface area contributed by atoms with Crippen LogP contribution >= 0.6 is 12.2 Å². The number of rotatable bonds is 6. The molecule has 0 bridgehead atoms. The number of alkyl halides is 3. The Bertz CT molecular complexity index is 452. The fourth-order valence-corrected chi connectivity index (χ4v) is 1.72. The van der Waals surface area contributed by atoms with Crippen molar-refractivity contribution in [2.75, 3.05) is 32.6 Å². The summed E-state index contributed by atoms with van der Waals surface area (Å²) >= 11 is 5.19. The average Bonchev–Trinajstić information content (AvgIpc) is 2.39. The van der Waals surface area contributed by atoms with Crippen LogP contribution in [-0.4, -0.2) is 43.7 Å². The van der Waals surface area contributed by atoms with E-state index in [-0.39, 0.29) is 5.75 Å². The van der Waals surface area contributed by atoms with E-state index in [9.17, 15) is 13.2 Å². The van der Waals surface area contributed by atoms with Gasteiger partial charge in [0.25, 0.3) is 0 Å². The van der Waals surface area contributed by atoms with Crippen molar-refractivity contribution in [3.63, 3.8) is 0 Å². The predicted octanol–water partition coefficient (Wildman–Crippen LogP) is 3.25. The van der Waals surface area contributed by atoms with E-state index in [1.807, 2.05) is 11.9 Å². The lowest BCUT2D eigenvalue weighted by atomic mass is 10.3. The van der Waals surface area contributed by atoms with Crippen molar-refractivity contribution >= 4 is 23.0 Å². The number of benzene rings is 1. The molecule has 0 aliphatic rings. The molecule has 1 aromatic rings. The number of nitrogens with one attached hydrogen (secondary N) is 1. The number of thiocarbonyl (C=S) groups is 1. The van der Waals surface area contributed by atoms with Gasteiger partial charge in [-0.3, -0.25) is 0 Å². The van der Waals surface area contributed by atoms with Gasteiger partial charge in [0.15, 0.2) is 5.11 Å². The molecular weight excluding hydrogens is 305 g/mol. The van der Waals surface area contributed by atoms with E-state index in [1.54, 1.807) is 7.11 Å². The summed E-state index contributed by atoms with van der Waals surface area (Å²) in [5.74, 6) is -0.271. The zero-order chi connectivity index (χ0) is 15.9. The minimum Gasteiger partial charge on any atom is -0.406 e. The smallest absolute Gasteiger partial charge is 0.406 e. The Morgan fingerprint density at radius 3 is 2.43 bits per heavy atom. The predicted molar refractivity (Wildman–Crippen MR) is 78.5 cm³/mol. The number of nitrogens with zero attached hydrogens (tertiary/aromatic N) is 1. The largest absolute Gasteiger partial charge is 0.573 e. The number of anilines is 1. The first-order valence-corrected chi connectivity index (χ1v) is 6.59. The van der Waals surface area contributed by atoms with Crippen molar-refractivity contribution in [3.05, 3.63) is 24.3 Å². The summed E-state index contributed by atoms with van der Waals surface area (Å²) in [6.45, 7) is 1.35. The molecular formula is C13H17F3N2O2S. The number of halogens is 3. The highest BCUT2D eigenvalue weighted by Crippen LogP contribution is 2.23. The van der Waals surface area contributed by atoms with Crippen LogP contribution in [0.25, 0.3) is 0 Å². The molecule has 4 nitrogen and oxygen atoms in total. The molecule has 118 valence electrons. The van der Waals surface area contributed by atoms with Crippen molar-refractivity contribution in [3.8, 4) is 5.75 Å². The van der Waals surface area contributed by atoms with Crippen LogP contribution in [0, 0.1) is 0 Å². The summed E-state index contributed by atoms with van der Waals surface area (Å²) in [7, 11) is 3.45. The van der Waals surface area contributed by atoms with Gasteiger partial charge >= 0.3 is 6.36 Å². The Morgan fingerprint density at radius 1 is 1.29 bits per heavy atom. The minimum absolute atomic E-state index is 0.271. The second-order valence-electron chi connectivity index (χ2n) is 4.27. The molecule has 0 heterocycles. The van der Waals surface area contributed by atoms with Crippen molar-refractivity contribution in [1.29, 1.82) is 0 Å². The van der Waals surface area contributed by atoms with Crippen LogP contribution in [-0.2, 0) is 4.74 Å². The molecule has 8 heteroatoms. The third-order valence-corrected chi connectivity index (χ3v) is 2.94. The van der Waals surface area contributed by atoms with E-state index in [0.29, 0.717) is 17.4 Å². The molecule has 0 radical (unpaired) electrons. The Kier molecular flexibility index (Phi) is 6.70. The summed E-state index contributed by atoms with van der Waals surface area (Å²) in [6.07, 6.45) is -3.86. The van der Waals surface area contributed by atoms with Crippen LogP contribution in [0.1, 0.15) is 6.42 Å². The molecule has 1 aromatic carbocycles. The van der Waals surface area contributed by atoms with E-state index >= 15 is 0 Å². The lowest BCUT2D eigenvalue weighted by Gasteiger charge is -2.21. The summed E-state index contributed by atoms with van der Waals surface area (Å²) in [6, 6.07) is 5.39. The second-order valence-corrected chi connectivity index (χ2v) is 4.66. The maximum Gasteiger partial charge on any atom is 0.573 e. The molecule has 0 fully saturated rings. The van der Waals surface area contributed by atoms with Crippen molar-refractivity contribution < 1.29 is 22.6 Å². The first-order chi connectivity index (χ1) is 9.81. The van der Waals surface area contributed by atoms with Crippen LogP contribution in [0.4, 0.5) is 18.9 Å². The molecule has 0 aliphatic carbocycles. The maximum absolute atomic E-state index is 12.0. The van der Waals surface area contributed by atoms with Crippen LogP contribution < -0.4 is 10.1 Å². The van der Waals surface area contributed by atoms with E-state index in [4.69, 9.17) is 17.0 Å². The minimum atomic E-state index is -4.69. The lowest BCUT2D eigenvalue weighted by Crippen LogP contribution is -2.32. The van der Waals surface area contributed by atoms with E-state index in [0.717, 1.165) is 13.0 Å². The van der Waals surface area contributed by atoms with Gasteiger partial charge in [0, 0.05) is 33.0 Å². The molecule has 0 unspecified atom stereocenters. The zero-order valence-electron chi connectivity index (χ0n) is 11.7. The number of hydrogen-bond donors (Lipinski definition) is 1. The van der Waals surface area contributed by atoms with E-state index in [1.165, 1.54) is 24.3 Å². The van der Waals surface area contributed by atoms with Crippen LogP contribution in [0.5, 0.6) is 5.75 Å². The van der Waals surface area contributed by atoms with Gasteiger partial charge in [-0.2, -0.15) is 0 Å². The molecule has 0 amide bonds. The fraction of sp³-hybridized carbons (Fsp3) is 0.462. The highest BCUT2D eigenvalue weighted by molar-refractivity contribution is 7.80. The topological polar surface area (TPSA) is 33.7 Å². The quantitative estimate of drug-likeness (QED) is 0.642. The molecule has 0 aromatic heterocycles. The molecule has 1 N–H and O–H groups in total. The van der Waals surface area contributed by atoms with Gasteiger partial charge < -0.3 is 19.7 Å². The molecule has 1 rings (SSSR count). The van der Waals surface area contributed by atoms with Gasteiger partial charge in [0.1, 0.15) is 5.75 Å². The lowest BCUT2D eigenvalue weighted by molar-refractivity contribution is -0.274. The Balaban J connectivity index is 2.49. The van der Waals surface area contributed by atoms with Gasteiger partial charge in [0.2, 0.25) is 0 Å². The first-order valence-electron chi connectivity index (χ1n) is 6.18. The Labute approximate surface area is 126 Å². The Morgan fingerprint density at radius 2 is 1.90 bits per heavy atom. The standard InChI is InChI=1S/C13H17F3N2O2S/c1-18(8-3-9-19-2)12(21)17-10-4-6-11(7-5-10)20-13(14,15)16/h4-7H,3,8-9H2,1-2H3,(H,17,21). The monoisotopic (exact) mass is 322 g/mol. The van der Waals surface area contributed by atoms with Crippen molar-refractivity contribution in [2.24, 2.45) is 0 Å².